The Morgan fingerprint density at radius 2 is 1.96 bits per heavy atom. The first kappa shape index (κ1) is 18.4. The van der Waals surface area contributed by atoms with E-state index in [1.165, 1.54) is 5.56 Å². The van der Waals surface area contributed by atoms with Crippen LogP contribution in [0.4, 0.5) is 0 Å². The molecule has 0 saturated carbocycles. The van der Waals surface area contributed by atoms with Crippen molar-refractivity contribution in [2.45, 2.75) is 52.4 Å². The Balaban J connectivity index is 1.56. The molecule has 0 unspecified atom stereocenters. The quantitative estimate of drug-likeness (QED) is 0.904. The lowest BCUT2D eigenvalue weighted by Crippen LogP contribution is -2.38. The van der Waals surface area contributed by atoms with E-state index in [0.29, 0.717) is 12.2 Å². The number of rotatable bonds is 4. The molecular formula is C19H27N5O2. The molecule has 1 aliphatic heterocycles. The third-order valence-electron chi connectivity index (χ3n) is 5.39. The molecule has 3 rings (SSSR count). The van der Waals surface area contributed by atoms with E-state index in [2.05, 4.69) is 15.1 Å². The molecule has 1 aliphatic rings. The highest BCUT2D eigenvalue weighted by Gasteiger charge is 2.25. The normalized spacial score (nSPS) is 15.5. The van der Waals surface area contributed by atoms with Gasteiger partial charge in [-0.3, -0.25) is 14.3 Å². The van der Waals surface area contributed by atoms with E-state index in [0.717, 1.165) is 49.4 Å². The number of H-pyrrole nitrogens is 1. The van der Waals surface area contributed by atoms with E-state index in [4.69, 9.17) is 0 Å². The van der Waals surface area contributed by atoms with Crippen LogP contribution >= 0.6 is 0 Å². The number of piperidine rings is 1. The number of nitrogens with one attached hydrogen (secondary N) is 1. The summed E-state index contributed by atoms with van der Waals surface area (Å²) in [6, 6.07) is 1.59. The number of amides is 1. The third kappa shape index (κ3) is 3.86. The SMILES string of the molecule is Cc1nc(C2CCN(C(=O)CCc3c(C)nn(C)c3C)CC2)cc(=O)[nH]1. The summed E-state index contributed by atoms with van der Waals surface area (Å²) in [6.45, 7) is 7.28. The minimum Gasteiger partial charge on any atom is -0.343 e. The maximum Gasteiger partial charge on any atom is 0.251 e. The molecule has 0 radical (unpaired) electrons. The van der Waals surface area contributed by atoms with Crippen LogP contribution in [0.5, 0.6) is 0 Å². The van der Waals surface area contributed by atoms with Gasteiger partial charge < -0.3 is 9.88 Å². The molecular weight excluding hydrogens is 330 g/mol. The van der Waals surface area contributed by atoms with E-state index in [-0.39, 0.29) is 17.4 Å². The summed E-state index contributed by atoms with van der Waals surface area (Å²) >= 11 is 0. The van der Waals surface area contributed by atoms with E-state index >= 15 is 0 Å². The van der Waals surface area contributed by atoms with Crippen molar-refractivity contribution < 1.29 is 4.79 Å². The largest absolute Gasteiger partial charge is 0.343 e. The number of likely N-dealkylation sites (tertiary alicyclic amines) is 1. The minimum atomic E-state index is -0.104. The van der Waals surface area contributed by atoms with Gasteiger partial charge in [0.15, 0.2) is 0 Å². The van der Waals surface area contributed by atoms with Crippen molar-refractivity contribution in [2.75, 3.05) is 13.1 Å². The smallest absolute Gasteiger partial charge is 0.251 e. The molecule has 2 aromatic heterocycles. The van der Waals surface area contributed by atoms with Crippen LogP contribution in [0.25, 0.3) is 0 Å². The van der Waals surface area contributed by atoms with Crippen molar-refractivity contribution in [3.63, 3.8) is 0 Å². The van der Waals surface area contributed by atoms with Crippen LogP contribution in [0.3, 0.4) is 0 Å². The summed E-state index contributed by atoms with van der Waals surface area (Å²) in [7, 11) is 1.93. The second-order valence-corrected chi connectivity index (χ2v) is 7.18. The zero-order valence-corrected chi connectivity index (χ0v) is 16.0. The Bertz CT molecular complexity index is 859. The molecule has 0 bridgehead atoms. The number of aryl methyl sites for hydroxylation is 3. The van der Waals surface area contributed by atoms with Gasteiger partial charge in [-0.05, 0) is 45.6 Å². The molecule has 3 heterocycles. The van der Waals surface area contributed by atoms with E-state index in [1.807, 2.05) is 30.5 Å². The highest BCUT2D eigenvalue weighted by molar-refractivity contribution is 5.76. The minimum absolute atomic E-state index is 0.104. The lowest BCUT2D eigenvalue weighted by molar-refractivity contribution is -0.132. The van der Waals surface area contributed by atoms with Gasteiger partial charge in [0.25, 0.3) is 5.56 Å². The molecule has 140 valence electrons. The van der Waals surface area contributed by atoms with Crippen LogP contribution in [0.1, 0.15) is 53.7 Å². The number of hydrogen-bond donors (Lipinski definition) is 1. The molecule has 1 fully saturated rings. The first-order chi connectivity index (χ1) is 12.3. The van der Waals surface area contributed by atoms with Gasteiger partial charge >= 0.3 is 0 Å². The predicted molar refractivity (Wildman–Crippen MR) is 99.2 cm³/mol. The summed E-state index contributed by atoms with van der Waals surface area (Å²) in [6.07, 6.45) is 2.96. The van der Waals surface area contributed by atoms with E-state index < -0.39 is 0 Å². The Labute approximate surface area is 153 Å². The maximum absolute atomic E-state index is 12.6. The molecule has 26 heavy (non-hydrogen) atoms. The predicted octanol–water partition coefficient (Wildman–Crippen LogP) is 1.77. The van der Waals surface area contributed by atoms with Crippen molar-refractivity contribution in [1.82, 2.24) is 24.6 Å². The van der Waals surface area contributed by atoms with Crippen LogP contribution in [0, 0.1) is 20.8 Å². The van der Waals surface area contributed by atoms with E-state index in [9.17, 15) is 9.59 Å². The van der Waals surface area contributed by atoms with Gasteiger partial charge in [0.2, 0.25) is 5.91 Å². The molecule has 1 amide bonds. The van der Waals surface area contributed by atoms with Crippen LogP contribution < -0.4 is 5.56 Å². The molecule has 0 spiro atoms. The third-order valence-corrected chi connectivity index (χ3v) is 5.39. The standard InChI is InChI=1S/C19H27N5O2/c1-12-16(13(2)23(4)22-12)5-6-19(26)24-9-7-15(8-10-24)17-11-18(25)21-14(3)20-17/h11,15H,5-10H2,1-4H3,(H,20,21,25). The topological polar surface area (TPSA) is 83.9 Å². The van der Waals surface area contributed by atoms with Crippen molar-refractivity contribution in [3.05, 3.63) is 44.9 Å². The zero-order chi connectivity index (χ0) is 18.8. The summed E-state index contributed by atoms with van der Waals surface area (Å²) in [5, 5.41) is 4.42. The average Bonchev–Trinajstić information content (AvgIpc) is 2.84. The second kappa shape index (κ2) is 7.43. The van der Waals surface area contributed by atoms with Crippen LogP contribution in [0.15, 0.2) is 10.9 Å². The van der Waals surface area contributed by atoms with Crippen LogP contribution in [0.2, 0.25) is 0 Å². The summed E-state index contributed by atoms with van der Waals surface area (Å²) < 4.78 is 1.87. The molecule has 7 nitrogen and oxygen atoms in total. The second-order valence-electron chi connectivity index (χ2n) is 7.18. The number of nitrogens with zero attached hydrogens (tertiary/aromatic N) is 4. The van der Waals surface area contributed by atoms with Gasteiger partial charge in [-0.15, -0.1) is 0 Å². The van der Waals surface area contributed by atoms with Gasteiger partial charge in [-0.1, -0.05) is 0 Å². The van der Waals surface area contributed by atoms with Gasteiger partial charge in [-0.2, -0.15) is 5.10 Å². The van der Waals surface area contributed by atoms with Crippen molar-refractivity contribution in [1.29, 1.82) is 0 Å². The summed E-state index contributed by atoms with van der Waals surface area (Å²) in [5.74, 6) is 1.09. The van der Waals surface area contributed by atoms with E-state index in [1.54, 1.807) is 13.0 Å². The van der Waals surface area contributed by atoms with Gasteiger partial charge in [-0.25, -0.2) is 4.98 Å². The van der Waals surface area contributed by atoms with Gasteiger partial charge in [0.1, 0.15) is 5.82 Å². The molecule has 1 saturated heterocycles. The lowest BCUT2D eigenvalue weighted by Gasteiger charge is -2.31. The number of carbonyl (C=O) groups is 1. The average molecular weight is 357 g/mol. The lowest BCUT2D eigenvalue weighted by atomic mass is 9.93. The molecule has 1 N–H and O–H groups in total. The Hall–Kier alpha value is -2.44. The van der Waals surface area contributed by atoms with Gasteiger partial charge in [0.05, 0.1) is 11.4 Å². The number of aromatic nitrogens is 4. The van der Waals surface area contributed by atoms with Crippen LogP contribution in [-0.2, 0) is 18.3 Å². The summed E-state index contributed by atoms with van der Waals surface area (Å²) in [5.41, 5.74) is 4.06. The highest BCUT2D eigenvalue weighted by atomic mass is 16.2. The highest BCUT2D eigenvalue weighted by Crippen LogP contribution is 2.26. The Morgan fingerprint density at radius 3 is 2.54 bits per heavy atom. The summed E-state index contributed by atoms with van der Waals surface area (Å²) in [4.78, 5) is 33.3. The fraction of sp³-hybridized carbons (Fsp3) is 0.579. The Morgan fingerprint density at radius 1 is 1.27 bits per heavy atom. The molecule has 0 aromatic carbocycles. The monoisotopic (exact) mass is 357 g/mol. The van der Waals surface area contributed by atoms with Crippen molar-refractivity contribution in [3.8, 4) is 0 Å². The van der Waals surface area contributed by atoms with Crippen LogP contribution in [-0.4, -0.2) is 43.6 Å². The number of carbonyl (C=O) groups excluding carboxylic acids is 1. The number of aromatic amines is 1. The molecule has 0 atom stereocenters. The first-order valence-corrected chi connectivity index (χ1v) is 9.20. The van der Waals surface area contributed by atoms with Crippen molar-refractivity contribution in [2.24, 2.45) is 7.05 Å². The molecule has 2 aromatic rings. The number of hydrogen-bond acceptors (Lipinski definition) is 4. The molecule has 7 heteroatoms. The first-order valence-electron chi connectivity index (χ1n) is 9.20. The fourth-order valence-corrected chi connectivity index (χ4v) is 3.81. The van der Waals surface area contributed by atoms with Crippen molar-refractivity contribution >= 4 is 5.91 Å². The molecule has 0 aliphatic carbocycles. The maximum atomic E-state index is 12.6. The van der Waals surface area contributed by atoms with Gasteiger partial charge in [0, 0.05) is 44.2 Å². The fourth-order valence-electron chi connectivity index (χ4n) is 3.81. The zero-order valence-electron chi connectivity index (χ0n) is 16.0. The Kier molecular flexibility index (Phi) is 5.25.